The zero-order valence-corrected chi connectivity index (χ0v) is 14.0. The number of halogens is 1. The molecule has 1 heterocycles. The summed E-state index contributed by atoms with van der Waals surface area (Å²) in [6.45, 7) is 1.96. The van der Waals surface area contributed by atoms with Crippen molar-refractivity contribution in [2.75, 3.05) is 7.11 Å². The number of carbonyl (C=O) groups excluding carboxylic acids is 1. The average molecular weight is 343 g/mol. The first-order valence-electron chi connectivity index (χ1n) is 7.29. The molecule has 0 fully saturated rings. The number of Topliss-reactive ketones (excluding diaryl/α,β-unsaturated/α-hetero) is 1. The second-order valence-electron chi connectivity index (χ2n) is 5.23. The van der Waals surface area contributed by atoms with E-state index >= 15 is 0 Å². The van der Waals surface area contributed by atoms with Crippen molar-refractivity contribution < 1.29 is 9.53 Å². The molecule has 2 aromatic carbocycles. The zero-order chi connectivity index (χ0) is 17.1. The third-order valence-corrected chi connectivity index (χ3v) is 3.89. The van der Waals surface area contributed by atoms with Gasteiger partial charge in [-0.05, 0) is 35.9 Å². The zero-order valence-electron chi connectivity index (χ0n) is 13.2. The van der Waals surface area contributed by atoms with Crippen LogP contribution in [0.2, 0.25) is 5.02 Å². The molecule has 6 nitrogen and oxygen atoms in total. The van der Waals surface area contributed by atoms with Crippen LogP contribution in [0.3, 0.4) is 0 Å². The molecule has 0 saturated carbocycles. The van der Waals surface area contributed by atoms with Gasteiger partial charge in [0.1, 0.15) is 12.3 Å². The molecule has 24 heavy (non-hydrogen) atoms. The van der Waals surface area contributed by atoms with Gasteiger partial charge in [-0.1, -0.05) is 35.9 Å². The smallest absolute Gasteiger partial charge is 0.205 e. The van der Waals surface area contributed by atoms with Crippen LogP contribution in [0.5, 0.6) is 5.75 Å². The molecule has 0 spiro atoms. The fourth-order valence-electron chi connectivity index (χ4n) is 2.30. The van der Waals surface area contributed by atoms with Gasteiger partial charge in [0.05, 0.1) is 12.1 Å². The number of aryl methyl sites for hydroxylation is 1. The highest BCUT2D eigenvalue weighted by atomic mass is 35.5. The van der Waals surface area contributed by atoms with Crippen LogP contribution in [-0.4, -0.2) is 33.1 Å². The minimum atomic E-state index is -0.159. The summed E-state index contributed by atoms with van der Waals surface area (Å²) >= 11 is 6.05. The maximum Gasteiger partial charge on any atom is 0.205 e. The molecule has 0 aliphatic heterocycles. The summed E-state index contributed by atoms with van der Waals surface area (Å²) in [7, 11) is 1.52. The Morgan fingerprint density at radius 2 is 2.04 bits per heavy atom. The number of tetrazole rings is 1. The van der Waals surface area contributed by atoms with E-state index in [-0.39, 0.29) is 12.3 Å². The summed E-state index contributed by atoms with van der Waals surface area (Å²) in [6.07, 6.45) is 0. The molecule has 0 N–H and O–H groups in total. The summed E-state index contributed by atoms with van der Waals surface area (Å²) in [6, 6.07) is 12.6. The number of ether oxygens (including phenoxy) is 1. The van der Waals surface area contributed by atoms with Crippen molar-refractivity contribution in [1.82, 2.24) is 20.2 Å². The van der Waals surface area contributed by atoms with Crippen molar-refractivity contribution >= 4 is 17.4 Å². The SMILES string of the molecule is COc1ccc(C(=O)Cn2nnc(-c3ccccc3C)n2)cc1Cl. The fraction of sp³-hybridized carbons (Fsp3) is 0.176. The molecule has 0 radical (unpaired) electrons. The van der Waals surface area contributed by atoms with Crippen LogP contribution in [-0.2, 0) is 6.54 Å². The molecule has 0 aliphatic rings. The van der Waals surface area contributed by atoms with E-state index < -0.39 is 0 Å². The van der Waals surface area contributed by atoms with Crippen molar-refractivity contribution in [2.45, 2.75) is 13.5 Å². The highest BCUT2D eigenvalue weighted by molar-refractivity contribution is 6.32. The summed E-state index contributed by atoms with van der Waals surface area (Å²) in [5.41, 5.74) is 2.41. The summed E-state index contributed by atoms with van der Waals surface area (Å²) in [5.74, 6) is 0.857. The van der Waals surface area contributed by atoms with Gasteiger partial charge in [0.2, 0.25) is 5.82 Å². The Bertz CT molecular complexity index is 892. The van der Waals surface area contributed by atoms with E-state index in [2.05, 4.69) is 15.4 Å². The van der Waals surface area contributed by atoms with Crippen LogP contribution in [0.25, 0.3) is 11.4 Å². The van der Waals surface area contributed by atoms with Crippen LogP contribution in [0.15, 0.2) is 42.5 Å². The number of hydrogen-bond donors (Lipinski definition) is 0. The molecule has 3 aromatic rings. The lowest BCUT2D eigenvalue weighted by molar-refractivity contribution is 0.0961. The van der Waals surface area contributed by atoms with Gasteiger partial charge in [-0.2, -0.15) is 4.80 Å². The van der Waals surface area contributed by atoms with Crippen molar-refractivity contribution in [3.63, 3.8) is 0 Å². The highest BCUT2D eigenvalue weighted by Crippen LogP contribution is 2.25. The number of methoxy groups -OCH3 is 1. The molecule has 122 valence electrons. The van der Waals surface area contributed by atoms with E-state index in [4.69, 9.17) is 16.3 Å². The average Bonchev–Trinajstić information content (AvgIpc) is 3.03. The molecule has 0 saturated heterocycles. The van der Waals surface area contributed by atoms with Gasteiger partial charge >= 0.3 is 0 Å². The number of benzene rings is 2. The molecule has 0 unspecified atom stereocenters. The first-order valence-corrected chi connectivity index (χ1v) is 7.67. The number of hydrogen-bond acceptors (Lipinski definition) is 5. The van der Waals surface area contributed by atoms with Crippen LogP contribution in [0, 0.1) is 6.92 Å². The summed E-state index contributed by atoms with van der Waals surface area (Å²) in [5, 5.41) is 12.6. The van der Waals surface area contributed by atoms with Crippen molar-refractivity contribution in [3.05, 3.63) is 58.6 Å². The molecule has 0 atom stereocenters. The number of aromatic nitrogens is 4. The van der Waals surface area contributed by atoms with Gasteiger partial charge in [-0.25, -0.2) is 0 Å². The molecule has 3 rings (SSSR count). The largest absolute Gasteiger partial charge is 0.495 e. The van der Waals surface area contributed by atoms with Gasteiger partial charge in [0.25, 0.3) is 0 Å². The standard InChI is InChI=1S/C17H15ClN4O2/c1-11-5-3-4-6-13(11)17-19-21-22(20-17)10-15(23)12-7-8-16(24-2)14(18)9-12/h3-9H,10H2,1-2H3. The molecule has 0 aliphatic carbocycles. The Labute approximate surface area is 144 Å². The number of carbonyl (C=O) groups is 1. The maximum atomic E-state index is 12.4. The summed E-state index contributed by atoms with van der Waals surface area (Å²) in [4.78, 5) is 13.6. The minimum absolute atomic E-state index is 0.0124. The van der Waals surface area contributed by atoms with Crippen LogP contribution in [0.1, 0.15) is 15.9 Å². The Morgan fingerprint density at radius 1 is 1.25 bits per heavy atom. The quantitative estimate of drug-likeness (QED) is 0.666. The normalized spacial score (nSPS) is 10.6. The van der Waals surface area contributed by atoms with Crippen LogP contribution < -0.4 is 4.74 Å². The lowest BCUT2D eigenvalue weighted by Crippen LogP contribution is -2.13. The van der Waals surface area contributed by atoms with Crippen molar-refractivity contribution in [2.24, 2.45) is 0 Å². The van der Waals surface area contributed by atoms with E-state index in [1.54, 1.807) is 18.2 Å². The second-order valence-corrected chi connectivity index (χ2v) is 5.64. The minimum Gasteiger partial charge on any atom is -0.495 e. The molecule has 0 amide bonds. The Hall–Kier alpha value is -2.73. The van der Waals surface area contributed by atoms with E-state index in [0.717, 1.165) is 11.1 Å². The maximum absolute atomic E-state index is 12.4. The topological polar surface area (TPSA) is 69.9 Å². The first kappa shape index (κ1) is 16.1. The fourth-order valence-corrected chi connectivity index (χ4v) is 2.56. The molecular weight excluding hydrogens is 328 g/mol. The number of ketones is 1. The van der Waals surface area contributed by atoms with Gasteiger partial charge in [0, 0.05) is 11.1 Å². The van der Waals surface area contributed by atoms with E-state index in [9.17, 15) is 4.79 Å². The van der Waals surface area contributed by atoms with E-state index in [0.29, 0.717) is 22.2 Å². The van der Waals surface area contributed by atoms with E-state index in [1.165, 1.54) is 11.9 Å². The number of nitrogens with zero attached hydrogens (tertiary/aromatic N) is 4. The predicted octanol–water partition coefficient (Wildman–Crippen LogP) is 3.19. The Balaban J connectivity index is 1.78. The van der Waals surface area contributed by atoms with Gasteiger partial charge in [0.15, 0.2) is 5.78 Å². The highest BCUT2D eigenvalue weighted by Gasteiger charge is 2.13. The lowest BCUT2D eigenvalue weighted by atomic mass is 10.1. The molecular formula is C17H15ClN4O2. The third kappa shape index (κ3) is 3.28. The monoisotopic (exact) mass is 342 g/mol. The van der Waals surface area contributed by atoms with Crippen LogP contribution >= 0.6 is 11.6 Å². The Morgan fingerprint density at radius 3 is 2.75 bits per heavy atom. The Kier molecular flexibility index (Phi) is 4.57. The molecule has 0 bridgehead atoms. The number of rotatable bonds is 5. The lowest BCUT2D eigenvalue weighted by Gasteiger charge is -2.05. The molecule has 7 heteroatoms. The first-order chi connectivity index (χ1) is 11.6. The summed E-state index contributed by atoms with van der Waals surface area (Å²) < 4.78 is 5.08. The second kappa shape index (κ2) is 6.80. The van der Waals surface area contributed by atoms with E-state index in [1.807, 2.05) is 31.2 Å². The predicted molar refractivity (Wildman–Crippen MR) is 90.3 cm³/mol. The third-order valence-electron chi connectivity index (χ3n) is 3.60. The van der Waals surface area contributed by atoms with Crippen molar-refractivity contribution in [3.8, 4) is 17.1 Å². The van der Waals surface area contributed by atoms with Gasteiger partial charge in [-0.15, -0.1) is 10.2 Å². The molecule has 1 aromatic heterocycles. The van der Waals surface area contributed by atoms with Gasteiger partial charge < -0.3 is 4.74 Å². The van der Waals surface area contributed by atoms with Crippen molar-refractivity contribution in [1.29, 1.82) is 0 Å². The van der Waals surface area contributed by atoms with Gasteiger partial charge in [-0.3, -0.25) is 4.79 Å². The van der Waals surface area contributed by atoms with Crippen LogP contribution in [0.4, 0.5) is 0 Å².